The Morgan fingerprint density at radius 2 is 2.00 bits per heavy atom. The lowest BCUT2D eigenvalue weighted by Gasteiger charge is -2.43. The van der Waals surface area contributed by atoms with Crippen LogP contribution in [0.4, 0.5) is 4.79 Å². The SMILES string of the molecule is CCC(COC)NCC1(NC(=O)OC(C)(C)C)CCC1. The van der Waals surface area contributed by atoms with Crippen molar-refractivity contribution in [2.75, 3.05) is 20.3 Å². The Balaban J connectivity index is 2.45. The molecule has 1 fully saturated rings. The average Bonchev–Trinajstić information content (AvgIpc) is 2.28. The van der Waals surface area contributed by atoms with Gasteiger partial charge in [0.05, 0.1) is 12.1 Å². The Kier molecular flexibility index (Phi) is 6.27. The van der Waals surface area contributed by atoms with Crippen LogP contribution in [0.3, 0.4) is 0 Å². The predicted octanol–water partition coefficient (Wildman–Crippen LogP) is 2.45. The predicted molar refractivity (Wildman–Crippen MR) is 79.9 cm³/mol. The molecule has 0 radical (unpaired) electrons. The first-order valence-corrected chi connectivity index (χ1v) is 7.54. The molecule has 1 amide bonds. The summed E-state index contributed by atoms with van der Waals surface area (Å²) >= 11 is 0. The van der Waals surface area contributed by atoms with E-state index in [0.29, 0.717) is 12.6 Å². The highest BCUT2D eigenvalue weighted by Gasteiger charge is 2.39. The van der Waals surface area contributed by atoms with Crippen molar-refractivity contribution in [3.8, 4) is 0 Å². The molecule has 2 N–H and O–H groups in total. The highest BCUT2D eigenvalue weighted by Crippen LogP contribution is 2.31. The Labute approximate surface area is 122 Å². The molecule has 1 rings (SSSR count). The number of amides is 1. The molecule has 1 atom stereocenters. The second kappa shape index (κ2) is 7.27. The second-order valence-electron chi connectivity index (χ2n) is 6.70. The number of methoxy groups -OCH3 is 1. The zero-order valence-corrected chi connectivity index (χ0v) is 13.5. The van der Waals surface area contributed by atoms with Gasteiger partial charge < -0.3 is 20.1 Å². The Morgan fingerprint density at radius 1 is 1.35 bits per heavy atom. The molecule has 0 saturated heterocycles. The Bertz CT molecular complexity index is 309. The normalized spacial score (nSPS) is 19.1. The maximum atomic E-state index is 11.9. The number of hydrogen-bond donors (Lipinski definition) is 2. The van der Waals surface area contributed by atoms with Crippen molar-refractivity contribution in [1.29, 1.82) is 0 Å². The molecule has 0 aromatic heterocycles. The number of carbonyl (C=O) groups excluding carboxylic acids is 1. The third-order valence-electron chi connectivity index (χ3n) is 3.67. The number of carbonyl (C=O) groups is 1. The molecule has 1 aliphatic rings. The van der Waals surface area contributed by atoms with Gasteiger partial charge in [0.15, 0.2) is 0 Å². The van der Waals surface area contributed by atoms with E-state index in [0.717, 1.165) is 32.2 Å². The van der Waals surface area contributed by atoms with Gasteiger partial charge in [-0.15, -0.1) is 0 Å². The molecule has 5 heteroatoms. The lowest BCUT2D eigenvalue weighted by atomic mass is 9.76. The van der Waals surface area contributed by atoms with Crippen LogP contribution in [0.5, 0.6) is 0 Å². The molecule has 0 aliphatic heterocycles. The number of rotatable bonds is 7. The van der Waals surface area contributed by atoms with Crippen molar-refractivity contribution in [2.45, 2.75) is 70.6 Å². The van der Waals surface area contributed by atoms with Crippen molar-refractivity contribution in [1.82, 2.24) is 10.6 Å². The third kappa shape index (κ3) is 5.67. The molecular formula is C15H30N2O3. The van der Waals surface area contributed by atoms with Gasteiger partial charge in [-0.1, -0.05) is 6.92 Å². The van der Waals surface area contributed by atoms with Crippen molar-refractivity contribution in [3.05, 3.63) is 0 Å². The Hall–Kier alpha value is -0.810. The average molecular weight is 286 g/mol. The zero-order chi connectivity index (χ0) is 15.2. The topological polar surface area (TPSA) is 59.6 Å². The van der Waals surface area contributed by atoms with E-state index in [2.05, 4.69) is 17.6 Å². The van der Waals surface area contributed by atoms with Crippen LogP contribution >= 0.6 is 0 Å². The first-order chi connectivity index (χ1) is 9.30. The van der Waals surface area contributed by atoms with Gasteiger partial charge in [0.2, 0.25) is 0 Å². The Morgan fingerprint density at radius 3 is 2.40 bits per heavy atom. The quantitative estimate of drug-likeness (QED) is 0.755. The van der Waals surface area contributed by atoms with Crippen LogP contribution in [0.25, 0.3) is 0 Å². The molecule has 0 aromatic carbocycles. The molecule has 1 unspecified atom stereocenters. The summed E-state index contributed by atoms with van der Waals surface area (Å²) in [4.78, 5) is 11.9. The summed E-state index contributed by atoms with van der Waals surface area (Å²) in [6.45, 7) is 9.23. The highest BCUT2D eigenvalue weighted by atomic mass is 16.6. The van der Waals surface area contributed by atoms with Crippen LogP contribution in [0.2, 0.25) is 0 Å². The summed E-state index contributed by atoms with van der Waals surface area (Å²) in [6.07, 6.45) is 3.85. The molecule has 1 aliphatic carbocycles. The second-order valence-corrected chi connectivity index (χ2v) is 6.70. The molecule has 5 nitrogen and oxygen atoms in total. The van der Waals surface area contributed by atoms with Gasteiger partial charge >= 0.3 is 6.09 Å². The zero-order valence-electron chi connectivity index (χ0n) is 13.5. The maximum Gasteiger partial charge on any atom is 0.408 e. The van der Waals surface area contributed by atoms with Gasteiger partial charge in [0.25, 0.3) is 0 Å². The molecule has 0 bridgehead atoms. The van der Waals surface area contributed by atoms with E-state index in [1.54, 1.807) is 7.11 Å². The van der Waals surface area contributed by atoms with E-state index in [1.807, 2.05) is 20.8 Å². The fourth-order valence-electron chi connectivity index (χ4n) is 2.33. The fraction of sp³-hybridized carbons (Fsp3) is 0.933. The standard InChI is InChI=1S/C15H30N2O3/c1-6-12(10-19-5)16-11-15(8-7-9-15)17-13(18)20-14(2,3)4/h12,16H,6-11H2,1-5H3,(H,17,18). The van der Waals surface area contributed by atoms with Gasteiger partial charge in [-0.2, -0.15) is 0 Å². The van der Waals surface area contributed by atoms with E-state index < -0.39 is 5.60 Å². The summed E-state index contributed by atoms with van der Waals surface area (Å²) in [5, 5.41) is 6.53. The minimum atomic E-state index is -0.454. The lowest BCUT2D eigenvalue weighted by molar-refractivity contribution is 0.0373. The third-order valence-corrected chi connectivity index (χ3v) is 3.67. The van der Waals surface area contributed by atoms with E-state index in [-0.39, 0.29) is 11.6 Å². The van der Waals surface area contributed by atoms with Crippen LogP contribution in [-0.4, -0.2) is 43.5 Å². The number of ether oxygens (including phenoxy) is 2. The summed E-state index contributed by atoms with van der Waals surface area (Å²) in [5.41, 5.74) is -0.603. The maximum absolute atomic E-state index is 11.9. The smallest absolute Gasteiger partial charge is 0.408 e. The van der Waals surface area contributed by atoms with Crippen LogP contribution in [-0.2, 0) is 9.47 Å². The van der Waals surface area contributed by atoms with E-state index in [4.69, 9.17) is 9.47 Å². The minimum Gasteiger partial charge on any atom is -0.444 e. The van der Waals surface area contributed by atoms with Gasteiger partial charge in [0, 0.05) is 19.7 Å². The molecule has 20 heavy (non-hydrogen) atoms. The summed E-state index contributed by atoms with van der Waals surface area (Å²) in [6, 6.07) is 0.331. The number of hydrogen-bond acceptors (Lipinski definition) is 4. The monoisotopic (exact) mass is 286 g/mol. The molecular weight excluding hydrogens is 256 g/mol. The number of alkyl carbamates (subject to hydrolysis) is 1. The van der Waals surface area contributed by atoms with Crippen molar-refractivity contribution in [3.63, 3.8) is 0 Å². The molecule has 0 heterocycles. The molecule has 118 valence electrons. The van der Waals surface area contributed by atoms with Gasteiger partial charge in [-0.25, -0.2) is 4.79 Å². The molecule has 0 spiro atoms. The van der Waals surface area contributed by atoms with Gasteiger partial charge in [-0.3, -0.25) is 0 Å². The van der Waals surface area contributed by atoms with E-state index >= 15 is 0 Å². The molecule has 0 aromatic rings. The first kappa shape index (κ1) is 17.2. The number of nitrogens with one attached hydrogen (secondary N) is 2. The van der Waals surface area contributed by atoms with E-state index in [1.165, 1.54) is 0 Å². The summed E-state index contributed by atoms with van der Waals surface area (Å²) in [7, 11) is 1.71. The van der Waals surface area contributed by atoms with Gasteiger partial charge in [0.1, 0.15) is 5.60 Å². The highest BCUT2D eigenvalue weighted by molar-refractivity contribution is 5.69. The van der Waals surface area contributed by atoms with E-state index in [9.17, 15) is 4.79 Å². The van der Waals surface area contributed by atoms with Gasteiger partial charge in [-0.05, 0) is 46.5 Å². The first-order valence-electron chi connectivity index (χ1n) is 7.54. The minimum absolute atomic E-state index is 0.149. The van der Waals surface area contributed by atoms with Crippen molar-refractivity contribution >= 4 is 6.09 Å². The summed E-state index contributed by atoms with van der Waals surface area (Å²) < 4.78 is 10.5. The molecule has 1 saturated carbocycles. The van der Waals surface area contributed by atoms with Crippen LogP contribution in [0, 0.1) is 0 Å². The lowest BCUT2D eigenvalue weighted by Crippen LogP contribution is -2.61. The van der Waals surface area contributed by atoms with Crippen molar-refractivity contribution < 1.29 is 14.3 Å². The van der Waals surface area contributed by atoms with Crippen LogP contribution in [0.15, 0.2) is 0 Å². The van der Waals surface area contributed by atoms with Crippen LogP contribution in [0.1, 0.15) is 53.4 Å². The summed E-state index contributed by atoms with van der Waals surface area (Å²) in [5.74, 6) is 0. The van der Waals surface area contributed by atoms with Crippen LogP contribution < -0.4 is 10.6 Å². The fourth-order valence-corrected chi connectivity index (χ4v) is 2.33. The van der Waals surface area contributed by atoms with Crippen molar-refractivity contribution in [2.24, 2.45) is 0 Å². The largest absolute Gasteiger partial charge is 0.444 e.